The number of benzene rings is 1. The van der Waals surface area contributed by atoms with Crippen LogP contribution in [0.4, 0.5) is 5.69 Å². The number of carbonyl (C=O) groups excluding carboxylic acids is 1. The molecule has 0 heterocycles. The van der Waals surface area contributed by atoms with E-state index in [0.29, 0.717) is 5.56 Å². The largest absolute Gasteiger partial charge is 0.348 e. The molecule has 1 aliphatic rings. The lowest BCUT2D eigenvalue weighted by atomic mass is 10.1. The maximum absolute atomic E-state index is 12.2. The lowest BCUT2D eigenvalue weighted by Crippen LogP contribution is -2.44. The number of nitrogens with two attached hydrogens (primary N) is 1. The number of hydrogen-bond acceptors (Lipinski definition) is 4. The van der Waals surface area contributed by atoms with E-state index >= 15 is 0 Å². The third kappa shape index (κ3) is 2.90. The van der Waals surface area contributed by atoms with E-state index < -0.39 is 4.92 Å². The molecule has 0 bridgehead atoms. The molecule has 1 fully saturated rings. The summed E-state index contributed by atoms with van der Waals surface area (Å²) in [6, 6.07) is 4.23. The summed E-state index contributed by atoms with van der Waals surface area (Å²) in [7, 11) is 0. The molecular weight excluding hydrogens is 246 g/mol. The summed E-state index contributed by atoms with van der Waals surface area (Å²) >= 11 is 0. The average Bonchev–Trinajstić information content (AvgIpc) is 2.75. The van der Waals surface area contributed by atoms with Crippen LogP contribution >= 0.6 is 0 Å². The topological polar surface area (TPSA) is 98.3 Å². The highest BCUT2D eigenvalue weighted by Crippen LogP contribution is 2.20. The van der Waals surface area contributed by atoms with Crippen molar-refractivity contribution in [3.05, 3.63) is 39.4 Å². The molecule has 6 heteroatoms. The zero-order chi connectivity index (χ0) is 14.0. The molecular formula is C13H17N3O3. The van der Waals surface area contributed by atoms with Gasteiger partial charge >= 0.3 is 0 Å². The lowest BCUT2D eigenvalue weighted by Gasteiger charge is -2.17. The van der Waals surface area contributed by atoms with Gasteiger partial charge in [0.1, 0.15) is 0 Å². The Balaban J connectivity index is 2.18. The Morgan fingerprint density at radius 2 is 2.21 bits per heavy atom. The quantitative estimate of drug-likeness (QED) is 0.638. The van der Waals surface area contributed by atoms with E-state index in [1.165, 1.54) is 12.1 Å². The molecule has 2 atom stereocenters. The van der Waals surface area contributed by atoms with Gasteiger partial charge in [-0.15, -0.1) is 0 Å². The van der Waals surface area contributed by atoms with Gasteiger partial charge in [-0.25, -0.2) is 0 Å². The van der Waals surface area contributed by atoms with Gasteiger partial charge in [-0.1, -0.05) is 6.07 Å². The molecule has 1 aromatic rings. The number of amides is 1. The third-order valence-corrected chi connectivity index (χ3v) is 3.56. The summed E-state index contributed by atoms with van der Waals surface area (Å²) in [5.74, 6) is -0.288. The van der Waals surface area contributed by atoms with Gasteiger partial charge in [-0.2, -0.15) is 0 Å². The smallest absolute Gasteiger partial charge is 0.270 e. The Kier molecular flexibility index (Phi) is 3.80. The molecule has 2 rings (SSSR count). The fourth-order valence-electron chi connectivity index (χ4n) is 2.38. The molecule has 19 heavy (non-hydrogen) atoms. The number of rotatable bonds is 3. The van der Waals surface area contributed by atoms with Crippen molar-refractivity contribution < 1.29 is 9.72 Å². The van der Waals surface area contributed by atoms with Crippen molar-refractivity contribution in [3.63, 3.8) is 0 Å². The normalized spacial score (nSPS) is 22.2. The molecule has 6 nitrogen and oxygen atoms in total. The zero-order valence-corrected chi connectivity index (χ0v) is 10.8. The molecule has 0 saturated heterocycles. The second-order valence-corrected chi connectivity index (χ2v) is 4.93. The summed E-state index contributed by atoms with van der Waals surface area (Å²) in [5, 5.41) is 13.6. The number of carbonyl (C=O) groups is 1. The number of nitro benzene ring substituents is 1. The van der Waals surface area contributed by atoms with Crippen LogP contribution in [0.5, 0.6) is 0 Å². The Bertz CT molecular complexity index is 516. The summed E-state index contributed by atoms with van der Waals surface area (Å²) in [4.78, 5) is 22.4. The molecule has 1 saturated carbocycles. The van der Waals surface area contributed by atoms with Gasteiger partial charge in [0, 0.05) is 29.8 Å². The SMILES string of the molecule is Cc1ccc([N+](=O)[O-])cc1C(=O)NC1CCCC1N. The van der Waals surface area contributed by atoms with Crippen LogP contribution in [0, 0.1) is 17.0 Å². The number of hydrogen-bond donors (Lipinski definition) is 2. The Morgan fingerprint density at radius 1 is 1.47 bits per heavy atom. The fraction of sp³-hybridized carbons (Fsp3) is 0.462. The lowest BCUT2D eigenvalue weighted by molar-refractivity contribution is -0.384. The van der Waals surface area contributed by atoms with Gasteiger partial charge in [0.15, 0.2) is 0 Å². The molecule has 0 aromatic heterocycles. The minimum atomic E-state index is -0.502. The monoisotopic (exact) mass is 263 g/mol. The van der Waals surface area contributed by atoms with E-state index in [1.54, 1.807) is 13.0 Å². The molecule has 0 spiro atoms. The Hall–Kier alpha value is -1.95. The van der Waals surface area contributed by atoms with Crippen LogP contribution < -0.4 is 11.1 Å². The van der Waals surface area contributed by atoms with Crippen LogP contribution in [0.1, 0.15) is 35.2 Å². The minimum Gasteiger partial charge on any atom is -0.348 e. The molecule has 0 aliphatic heterocycles. The Labute approximate surface area is 111 Å². The second kappa shape index (κ2) is 5.36. The Morgan fingerprint density at radius 3 is 2.79 bits per heavy atom. The van der Waals surface area contributed by atoms with Crippen LogP contribution in [0.15, 0.2) is 18.2 Å². The highest BCUT2D eigenvalue weighted by molar-refractivity contribution is 5.96. The van der Waals surface area contributed by atoms with Crippen molar-refractivity contribution in [2.45, 2.75) is 38.3 Å². The molecule has 2 unspecified atom stereocenters. The molecule has 102 valence electrons. The number of nitrogens with one attached hydrogen (secondary N) is 1. The van der Waals surface area contributed by atoms with Crippen LogP contribution in [-0.2, 0) is 0 Å². The first kappa shape index (κ1) is 13.5. The van der Waals surface area contributed by atoms with Gasteiger partial charge in [0.2, 0.25) is 0 Å². The summed E-state index contributed by atoms with van der Waals surface area (Å²) in [6.45, 7) is 1.76. The van der Waals surface area contributed by atoms with E-state index in [1.807, 2.05) is 0 Å². The van der Waals surface area contributed by atoms with Crippen molar-refractivity contribution in [1.82, 2.24) is 5.32 Å². The first-order chi connectivity index (χ1) is 8.99. The fourth-order valence-corrected chi connectivity index (χ4v) is 2.38. The molecule has 1 aromatic carbocycles. The van der Waals surface area contributed by atoms with Gasteiger partial charge in [0.05, 0.1) is 4.92 Å². The van der Waals surface area contributed by atoms with Crippen LogP contribution in [0.3, 0.4) is 0 Å². The van der Waals surface area contributed by atoms with Gasteiger partial charge in [0.25, 0.3) is 11.6 Å². The van der Waals surface area contributed by atoms with Crippen molar-refractivity contribution in [3.8, 4) is 0 Å². The summed E-state index contributed by atoms with van der Waals surface area (Å²) < 4.78 is 0. The van der Waals surface area contributed by atoms with Crippen molar-refractivity contribution in [2.24, 2.45) is 5.73 Å². The second-order valence-electron chi connectivity index (χ2n) is 4.93. The number of aryl methyl sites for hydroxylation is 1. The molecule has 3 N–H and O–H groups in total. The first-order valence-corrected chi connectivity index (χ1v) is 6.30. The number of nitrogens with zero attached hydrogens (tertiary/aromatic N) is 1. The minimum absolute atomic E-state index is 0.0250. The molecule has 1 aliphatic carbocycles. The van der Waals surface area contributed by atoms with Gasteiger partial charge < -0.3 is 11.1 Å². The van der Waals surface area contributed by atoms with E-state index in [4.69, 9.17) is 5.73 Å². The average molecular weight is 263 g/mol. The number of nitro groups is 1. The van der Waals surface area contributed by atoms with Gasteiger partial charge in [-0.05, 0) is 31.7 Å². The zero-order valence-electron chi connectivity index (χ0n) is 10.8. The molecule has 1 amide bonds. The van der Waals surface area contributed by atoms with Crippen molar-refractivity contribution in [2.75, 3.05) is 0 Å². The predicted octanol–water partition coefficient (Wildman–Crippen LogP) is 1.51. The van der Waals surface area contributed by atoms with E-state index in [0.717, 1.165) is 24.8 Å². The van der Waals surface area contributed by atoms with E-state index in [-0.39, 0.29) is 23.7 Å². The van der Waals surface area contributed by atoms with Crippen molar-refractivity contribution >= 4 is 11.6 Å². The highest BCUT2D eigenvalue weighted by atomic mass is 16.6. The van der Waals surface area contributed by atoms with Crippen LogP contribution in [-0.4, -0.2) is 22.9 Å². The van der Waals surface area contributed by atoms with Crippen LogP contribution in [0.25, 0.3) is 0 Å². The van der Waals surface area contributed by atoms with E-state index in [2.05, 4.69) is 5.32 Å². The van der Waals surface area contributed by atoms with Crippen molar-refractivity contribution in [1.29, 1.82) is 0 Å². The highest BCUT2D eigenvalue weighted by Gasteiger charge is 2.26. The summed E-state index contributed by atoms with van der Waals surface area (Å²) in [5.41, 5.74) is 6.88. The standard InChI is InChI=1S/C13H17N3O3/c1-8-5-6-9(16(18)19)7-10(8)13(17)15-12-4-2-3-11(12)14/h5-7,11-12H,2-4,14H2,1H3,(H,15,17). The first-order valence-electron chi connectivity index (χ1n) is 6.30. The van der Waals surface area contributed by atoms with E-state index in [9.17, 15) is 14.9 Å². The third-order valence-electron chi connectivity index (χ3n) is 3.56. The van der Waals surface area contributed by atoms with Crippen LogP contribution in [0.2, 0.25) is 0 Å². The number of non-ortho nitro benzene ring substituents is 1. The molecule has 0 radical (unpaired) electrons. The van der Waals surface area contributed by atoms with Gasteiger partial charge in [-0.3, -0.25) is 14.9 Å². The maximum Gasteiger partial charge on any atom is 0.270 e. The maximum atomic E-state index is 12.2. The summed E-state index contributed by atoms with van der Waals surface area (Å²) in [6.07, 6.45) is 2.76. The predicted molar refractivity (Wildman–Crippen MR) is 70.9 cm³/mol.